The van der Waals surface area contributed by atoms with E-state index in [0.29, 0.717) is 19.5 Å². The maximum atomic E-state index is 10.6. The summed E-state index contributed by atoms with van der Waals surface area (Å²) in [6.45, 7) is 4.50. The third kappa shape index (κ3) is 3.51. The first-order valence-corrected chi connectivity index (χ1v) is 4.70. The second-order valence-corrected chi connectivity index (χ2v) is 4.26. The Morgan fingerprint density at radius 2 is 2.29 bits per heavy atom. The first-order chi connectivity index (χ1) is 6.38. The van der Waals surface area contributed by atoms with Crippen LogP contribution in [0.5, 0.6) is 0 Å². The van der Waals surface area contributed by atoms with E-state index in [9.17, 15) is 9.90 Å². The molecule has 0 aromatic carbocycles. The predicted molar refractivity (Wildman–Crippen MR) is 50.3 cm³/mol. The molecule has 1 aliphatic heterocycles. The normalized spacial score (nSPS) is 22.8. The lowest BCUT2D eigenvalue weighted by molar-refractivity contribution is -0.0488. The van der Waals surface area contributed by atoms with Gasteiger partial charge in [-0.05, 0) is 20.3 Å². The van der Waals surface area contributed by atoms with Gasteiger partial charge in [-0.1, -0.05) is 0 Å². The summed E-state index contributed by atoms with van der Waals surface area (Å²) in [7, 11) is 0. The Kier molecular flexibility index (Phi) is 3.34. The highest BCUT2D eigenvalue weighted by Gasteiger charge is 2.27. The maximum Gasteiger partial charge on any atom is 0.407 e. The van der Waals surface area contributed by atoms with Crippen molar-refractivity contribution in [2.45, 2.75) is 32.0 Å². The quantitative estimate of drug-likeness (QED) is 0.701. The molecule has 0 aliphatic carbocycles. The van der Waals surface area contributed by atoms with Crippen molar-refractivity contribution in [2.24, 2.45) is 0 Å². The fourth-order valence-electron chi connectivity index (χ4n) is 1.36. The molecular formula is C9H17NO4. The second-order valence-electron chi connectivity index (χ2n) is 4.26. The maximum absolute atomic E-state index is 10.6. The molecule has 2 N–H and O–H groups in total. The third-order valence-corrected chi connectivity index (χ3v) is 2.09. The summed E-state index contributed by atoms with van der Waals surface area (Å²) in [5, 5.41) is 18.1. The molecule has 82 valence electrons. The summed E-state index contributed by atoms with van der Waals surface area (Å²) in [6.07, 6.45) is -0.264. The Hall–Kier alpha value is -0.810. The van der Waals surface area contributed by atoms with Crippen molar-refractivity contribution in [1.82, 2.24) is 4.90 Å². The van der Waals surface area contributed by atoms with E-state index in [2.05, 4.69) is 0 Å². The number of hydrogen-bond donors (Lipinski definition) is 2. The van der Waals surface area contributed by atoms with Crippen molar-refractivity contribution in [3.63, 3.8) is 0 Å². The number of amides is 1. The minimum atomic E-state index is -0.903. The summed E-state index contributed by atoms with van der Waals surface area (Å²) in [5.41, 5.74) is -0.851. The zero-order chi connectivity index (χ0) is 10.8. The topological polar surface area (TPSA) is 70.0 Å². The van der Waals surface area contributed by atoms with Gasteiger partial charge in [-0.15, -0.1) is 0 Å². The molecule has 5 heteroatoms. The first-order valence-electron chi connectivity index (χ1n) is 4.70. The van der Waals surface area contributed by atoms with Crippen LogP contribution in [0.2, 0.25) is 0 Å². The molecule has 1 aliphatic rings. The number of aliphatic hydroxyl groups is 1. The van der Waals surface area contributed by atoms with Gasteiger partial charge >= 0.3 is 6.09 Å². The van der Waals surface area contributed by atoms with E-state index in [1.165, 1.54) is 4.90 Å². The van der Waals surface area contributed by atoms with Crippen molar-refractivity contribution in [3.8, 4) is 0 Å². The van der Waals surface area contributed by atoms with Crippen LogP contribution in [0.4, 0.5) is 4.79 Å². The summed E-state index contributed by atoms with van der Waals surface area (Å²) >= 11 is 0. The van der Waals surface area contributed by atoms with E-state index >= 15 is 0 Å². The highest BCUT2D eigenvalue weighted by molar-refractivity contribution is 5.65. The first kappa shape index (κ1) is 11.3. The lowest BCUT2D eigenvalue weighted by Gasteiger charge is -2.20. The Morgan fingerprint density at radius 3 is 2.71 bits per heavy atom. The van der Waals surface area contributed by atoms with Crippen LogP contribution in [0.3, 0.4) is 0 Å². The number of likely N-dealkylation sites (tertiary alicyclic amines) is 1. The molecule has 0 aromatic heterocycles. The zero-order valence-electron chi connectivity index (χ0n) is 8.56. The Balaban J connectivity index is 2.26. The highest BCUT2D eigenvalue weighted by Crippen LogP contribution is 2.14. The van der Waals surface area contributed by atoms with Crippen molar-refractivity contribution >= 4 is 6.09 Å². The average Bonchev–Trinajstić information content (AvgIpc) is 2.47. The fraction of sp³-hybridized carbons (Fsp3) is 0.889. The number of carboxylic acid groups (broad SMARTS) is 1. The zero-order valence-corrected chi connectivity index (χ0v) is 8.56. The molecule has 1 rings (SSSR count). The molecule has 1 saturated heterocycles. The van der Waals surface area contributed by atoms with Crippen LogP contribution in [0.15, 0.2) is 0 Å². The van der Waals surface area contributed by atoms with Gasteiger partial charge in [0.2, 0.25) is 0 Å². The lowest BCUT2D eigenvalue weighted by atomic mass is 10.1. The van der Waals surface area contributed by atoms with Gasteiger partial charge in [0, 0.05) is 6.54 Å². The molecule has 0 aromatic rings. The van der Waals surface area contributed by atoms with Crippen LogP contribution in [0.25, 0.3) is 0 Å². The second kappa shape index (κ2) is 4.14. The number of rotatable bonds is 3. The van der Waals surface area contributed by atoms with Gasteiger partial charge in [0.15, 0.2) is 0 Å². The molecule has 0 spiro atoms. The Labute approximate surface area is 83.3 Å². The van der Waals surface area contributed by atoms with E-state index in [1.807, 2.05) is 0 Å². The SMILES string of the molecule is CC(C)(O)COC1CCN(C(=O)O)C1. The molecule has 1 unspecified atom stereocenters. The molecular weight excluding hydrogens is 186 g/mol. The number of ether oxygens (including phenoxy) is 1. The molecule has 14 heavy (non-hydrogen) atoms. The fourth-order valence-corrected chi connectivity index (χ4v) is 1.36. The minimum Gasteiger partial charge on any atom is -0.465 e. The van der Waals surface area contributed by atoms with Crippen LogP contribution in [0, 0.1) is 0 Å². The molecule has 1 atom stereocenters. The highest BCUT2D eigenvalue weighted by atomic mass is 16.5. The monoisotopic (exact) mass is 203 g/mol. The molecule has 5 nitrogen and oxygen atoms in total. The van der Waals surface area contributed by atoms with Gasteiger partial charge in [-0.25, -0.2) is 4.79 Å². The molecule has 1 amide bonds. The van der Waals surface area contributed by atoms with Crippen LogP contribution in [-0.4, -0.2) is 52.6 Å². The van der Waals surface area contributed by atoms with Crippen LogP contribution in [-0.2, 0) is 4.74 Å². The van der Waals surface area contributed by atoms with E-state index in [-0.39, 0.29) is 12.7 Å². The van der Waals surface area contributed by atoms with Gasteiger partial charge in [-0.2, -0.15) is 0 Å². The van der Waals surface area contributed by atoms with Gasteiger partial charge in [0.1, 0.15) is 0 Å². The van der Waals surface area contributed by atoms with Gasteiger partial charge in [0.05, 0.1) is 24.9 Å². The molecule has 0 radical (unpaired) electrons. The summed E-state index contributed by atoms with van der Waals surface area (Å²) in [6, 6.07) is 0. The van der Waals surface area contributed by atoms with Gasteiger partial charge in [0.25, 0.3) is 0 Å². The van der Waals surface area contributed by atoms with Gasteiger partial charge in [-0.3, -0.25) is 0 Å². The summed E-state index contributed by atoms with van der Waals surface area (Å²) < 4.78 is 5.39. The summed E-state index contributed by atoms with van der Waals surface area (Å²) in [5.74, 6) is 0. The Bertz CT molecular complexity index is 211. The number of carbonyl (C=O) groups is 1. The van der Waals surface area contributed by atoms with Crippen LogP contribution < -0.4 is 0 Å². The Morgan fingerprint density at radius 1 is 1.64 bits per heavy atom. The van der Waals surface area contributed by atoms with E-state index in [4.69, 9.17) is 9.84 Å². The van der Waals surface area contributed by atoms with Gasteiger partial charge < -0.3 is 19.8 Å². The summed E-state index contributed by atoms with van der Waals surface area (Å²) in [4.78, 5) is 11.9. The van der Waals surface area contributed by atoms with Crippen molar-refractivity contribution < 1.29 is 19.7 Å². The standard InChI is InChI=1S/C9H17NO4/c1-9(2,13)6-14-7-3-4-10(5-7)8(11)12/h7,13H,3-6H2,1-2H3,(H,11,12). The van der Waals surface area contributed by atoms with Crippen LogP contribution in [0.1, 0.15) is 20.3 Å². The van der Waals surface area contributed by atoms with E-state index < -0.39 is 11.7 Å². The average molecular weight is 203 g/mol. The number of nitrogens with zero attached hydrogens (tertiary/aromatic N) is 1. The lowest BCUT2D eigenvalue weighted by Crippen LogP contribution is -2.32. The smallest absolute Gasteiger partial charge is 0.407 e. The molecule has 1 heterocycles. The predicted octanol–water partition coefficient (Wildman–Crippen LogP) is 0.526. The van der Waals surface area contributed by atoms with E-state index in [0.717, 1.165) is 0 Å². The molecule has 0 saturated carbocycles. The van der Waals surface area contributed by atoms with Crippen molar-refractivity contribution in [2.75, 3.05) is 19.7 Å². The number of hydrogen-bond acceptors (Lipinski definition) is 3. The minimum absolute atomic E-state index is 0.0717. The van der Waals surface area contributed by atoms with Crippen LogP contribution >= 0.6 is 0 Å². The third-order valence-electron chi connectivity index (χ3n) is 2.09. The molecule has 0 bridgehead atoms. The van der Waals surface area contributed by atoms with E-state index in [1.54, 1.807) is 13.8 Å². The van der Waals surface area contributed by atoms with Crippen molar-refractivity contribution in [1.29, 1.82) is 0 Å². The van der Waals surface area contributed by atoms with Crippen molar-refractivity contribution in [3.05, 3.63) is 0 Å². The molecule has 1 fully saturated rings. The largest absolute Gasteiger partial charge is 0.465 e.